The molecule has 0 spiro atoms. The monoisotopic (exact) mass is 354 g/mol. The summed E-state index contributed by atoms with van der Waals surface area (Å²) in [6, 6.07) is 4.18. The van der Waals surface area contributed by atoms with Crippen LogP contribution in [0.2, 0.25) is 0 Å². The molecular weight excluding hydrogens is 326 g/mol. The fourth-order valence-corrected chi connectivity index (χ4v) is 3.74. The molecule has 1 aliphatic rings. The highest BCUT2D eigenvalue weighted by atomic mass is 19.1. The second kappa shape index (κ2) is 7.38. The molecule has 0 aliphatic heterocycles. The van der Waals surface area contributed by atoms with Gasteiger partial charge in [-0.15, -0.1) is 0 Å². The van der Waals surface area contributed by atoms with Crippen LogP contribution in [0.1, 0.15) is 62.8 Å². The summed E-state index contributed by atoms with van der Waals surface area (Å²) in [4.78, 5) is 13.0. The van der Waals surface area contributed by atoms with E-state index in [1.807, 2.05) is 0 Å². The van der Waals surface area contributed by atoms with E-state index in [0.29, 0.717) is 36.0 Å². The average molecular weight is 354 g/mol. The Morgan fingerprint density at radius 3 is 2.32 bits per heavy atom. The Hall–Kier alpha value is -1.53. The van der Waals surface area contributed by atoms with Crippen molar-refractivity contribution in [2.75, 3.05) is 0 Å². The Balaban J connectivity index is 2.24. The van der Waals surface area contributed by atoms with Crippen molar-refractivity contribution in [3.63, 3.8) is 0 Å². The van der Waals surface area contributed by atoms with E-state index >= 15 is 0 Å². The van der Waals surface area contributed by atoms with Crippen molar-refractivity contribution in [2.45, 2.75) is 71.1 Å². The number of alkyl halides is 2. The quantitative estimate of drug-likeness (QED) is 0.735. The topological polar surface area (TPSA) is 75.3 Å². The first-order chi connectivity index (χ1) is 11.6. The second-order valence-electron chi connectivity index (χ2n) is 7.69. The molecule has 6 heteroatoms. The van der Waals surface area contributed by atoms with Gasteiger partial charge < -0.3 is 16.2 Å². The summed E-state index contributed by atoms with van der Waals surface area (Å²) in [7, 11) is 0. The summed E-state index contributed by atoms with van der Waals surface area (Å²) < 4.78 is 26.0. The molecule has 25 heavy (non-hydrogen) atoms. The predicted octanol–water partition coefficient (Wildman–Crippen LogP) is 3.07. The van der Waals surface area contributed by atoms with Crippen molar-refractivity contribution in [3.05, 3.63) is 34.9 Å². The zero-order valence-corrected chi connectivity index (χ0v) is 15.1. The summed E-state index contributed by atoms with van der Waals surface area (Å²) in [6.45, 7) is 3.64. The van der Waals surface area contributed by atoms with E-state index in [1.165, 1.54) is 6.07 Å². The van der Waals surface area contributed by atoms with Gasteiger partial charge in [-0.3, -0.25) is 4.79 Å². The lowest BCUT2D eigenvalue weighted by atomic mass is 9.71. The number of rotatable bonds is 6. The van der Waals surface area contributed by atoms with Crippen LogP contribution in [0, 0.1) is 5.41 Å². The summed E-state index contributed by atoms with van der Waals surface area (Å²) in [5.41, 5.74) is 5.22. The van der Waals surface area contributed by atoms with Crippen LogP contribution in [-0.2, 0) is 18.1 Å². The zero-order chi connectivity index (χ0) is 18.8. The van der Waals surface area contributed by atoms with Gasteiger partial charge >= 0.3 is 0 Å². The second-order valence-corrected chi connectivity index (χ2v) is 7.69. The number of nitrogens with two attached hydrogens (primary N) is 1. The van der Waals surface area contributed by atoms with E-state index < -0.39 is 30.4 Å². The zero-order valence-electron chi connectivity index (χ0n) is 15.1. The van der Waals surface area contributed by atoms with Crippen LogP contribution in [0.15, 0.2) is 18.2 Å². The number of amides is 1. The van der Waals surface area contributed by atoms with Crippen LogP contribution in [0.4, 0.5) is 8.78 Å². The summed E-state index contributed by atoms with van der Waals surface area (Å²) in [5.74, 6) is -0.270. The molecule has 0 radical (unpaired) electrons. The number of nitrogens with one attached hydrogen (secondary N) is 1. The van der Waals surface area contributed by atoms with Crippen LogP contribution in [0.5, 0.6) is 0 Å². The molecule has 1 aromatic rings. The van der Waals surface area contributed by atoms with E-state index in [0.717, 1.165) is 0 Å². The van der Waals surface area contributed by atoms with Crippen LogP contribution >= 0.6 is 0 Å². The minimum Gasteiger partial charge on any atom is -0.389 e. The summed E-state index contributed by atoms with van der Waals surface area (Å²) in [6.07, 6.45) is 1.60. The first-order valence-corrected chi connectivity index (χ1v) is 8.66. The van der Waals surface area contributed by atoms with E-state index in [9.17, 15) is 18.7 Å². The molecule has 4 N–H and O–H groups in total. The highest BCUT2D eigenvalue weighted by molar-refractivity contribution is 5.84. The van der Waals surface area contributed by atoms with Crippen molar-refractivity contribution < 1.29 is 18.7 Å². The standard InChI is InChI=1S/C19H28F2N2O2/c1-12(15-7-13(10-20)6-14(8-15)11-21)23-17(24)19(18(2,3)25)5-4-16(22)9-19/h6-8,12,16,25H,4-5,9-11,22H2,1-3H3,(H,23,24)/t12?,16-,19-/m1/s1. The van der Waals surface area contributed by atoms with Gasteiger partial charge in [0.25, 0.3) is 0 Å². The maximum atomic E-state index is 13.0. The lowest BCUT2D eigenvalue weighted by Gasteiger charge is -2.40. The Morgan fingerprint density at radius 2 is 1.92 bits per heavy atom. The summed E-state index contributed by atoms with van der Waals surface area (Å²) in [5, 5.41) is 13.5. The molecule has 0 bridgehead atoms. The van der Waals surface area contributed by atoms with Crippen LogP contribution < -0.4 is 11.1 Å². The van der Waals surface area contributed by atoms with E-state index in [-0.39, 0.29) is 11.9 Å². The molecule has 2 rings (SSSR count). The van der Waals surface area contributed by atoms with Gasteiger partial charge in [0.1, 0.15) is 13.3 Å². The number of carbonyl (C=O) groups is 1. The van der Waals surface area contributed by atoms with Crippen molar-refractivity contribution in [3.8, 4) is 0 Å². The molecule has 1 aromatic carbocycles. The van der Waals surface area contributed by atoms with Crippen LogP contribution in [-0.4, -0.2) is 22.7 Å². The molecule has 1 aliphatic carbocycles. The van der Waals surface area contributed by atoms with E-state index in [1.54, 1.807) is 32.9 Å². The maximum Gasteiger partial charge on any atom is 0.229 e. The van der Waals surface area contributed by atoms with Gasteiger partial charge in [-0.05, 0) is 56.7 Å². The number of hydrogen-bond donors (Lipinski definition) is 3. The number of carbonyl (C=O) groups excluding carboxylic acids is 1. The Kier molecular flexibility index (Phi) is 5.84. The smallest absolute Gasteiger partial charge is 0.229 e. The Bertz CT molecular complexity index is 608. The molecule has 0 saturated heterocycles. The molecule has 1 saturated carbocycles. The SMILES string of the molecule is CC(NC(=O)[C@@]1(C(C)(C)O)CC[C@@H](N)C1)c1cc(CF)cc(CF)c1. The molecule has 1 amide bonds. The Labute approximate surface area is 147 Å². The molecule has 0 aromatic heterocycles. The van der Waals surface area contributed by atoms with Crippen molar-refractivity contribution in [1.82, 2.24) is 5.32 Å². The van der Waals surface area contributed by atoms with Crippen LogP contribution in [0.3, 0.4) is 0 Å². The van der Waals surface area contributed by atoms with E-state index in [4.69, 9.17) is 5.73 Å². The van der Waals surface area contributed by atoms with Crippen molar-refractivity contribution in [1.29, 1.82) is 0 Å². The molecule has 140 valence electrons. The van der Waals surface area contributed by atoms with Gasteiger partial charge in [-0.2, -0.15) is 0 Å². The van der Waals surface area contributed by atoms with Gasteiger partial charge in [-0.25, -0.2) is 8.78 Å². The van der Waals surface area contributed by atoms with Gasteiger partial charge in [0.15, 0.2) is 0 Å². The first-order valence-electron chi connectivity index (χ1n) is 8.66. The molecule has 3 atom stereocenters. The molecule has 4 nitrogen and oxygen atoms in total. The van der Waals surface area contributed by atoms with Gasteiger partial charge in [0.2, 0.25) is 5.91 Å². The molecule has 0 heterocycles. The van der Waals surface area contributed by atoms with Gasteiger partial charge in [0.05, 0.1) is 17.1 Å². The predicted molar refractivity (Wildman–Crippen MR) is 93.2 cm³/mol. The highest BCUT2D eigenvalue weighted by Crippen LogP contribution is 2.46. The largest absolute Gasteiger partial charge is 0.389 e. The number of hydrogen-bond acceptors (Lipinski definition) is 3. The molecule has 1 unspecified atom stereocenters. The summed E-state index contributed by atoms with van der Waals surface area (Å²) >= 11 is 0. The third-order valence-electron chi connectivity index (χ3n) is 5.39. The van der Waals surface area contributed by atoms with Crippen LogP contribution in [0.25, 0.3) is 0 Å². The lowest BCUT2D eigenvalue weighted by Crippen LogP contribution is -2.53. The minimum absolute atomic E-state index is 0.125. The highest BCUT2D eigenvalue weighted by Gasteiger charge is 2.54. The number of aliphatic hydroxyl groups is 1. The normalized spacial score (nSPS) is 25.0. The minimum atomic E-state index is -1.21. The average Bonchev–Trinajstić information content (AvgIpc) is 2.97. The van der Waals surface area contributed by atoms with Gasteiger partial charge in [-0.1, -0.05) is 18.2 Å². The lowest BCUT2D eigenvalue weighted by molar-refractivity contribution is -0.147. The Morgan fingerprint density at radius 1 is 1.36 bits per heavy atom. The fraction of sp³-hybridized carbons (Fsp3) is 0.632. The van der Waals surface area contributed by atoms with E-state index in [2.05, 4.69) is 5.32 Å². The fourth-order valence-electron chi connectivity index (χ4n) is 3.74. The van der Waals surface area contributed by atoms with Gasteiger partial charge in [0, 0.05) is 6.04 Å². The number of benzene rings is 1. The first kappa shape index (κ1) is 19.8. The molecular formula is C19H28F2N2O2. The van der Waals surface area contributed by atoms with Crippen molar-refractivity contribution in [2.24, 2.45) is 11.1 Å². The maximum absolute atomic E-state index is 13.0. The molecule has 1 fully saturated rings. The van der Waals surface area contributed by atoms with Crippen molar-refractivity contribution >= 4 is 5.91 Å². The third-order valence-corrected chi connectivity index (χ3v) is 5.39. The third kappa shape index (κ3) is 4.01. The number of halogens is 2.